The molecule has 1 aromatic carbocycles. The number of ether oxygens (including phenoxy) is 1. The molecule has 30 heavy (non-hydrogen) atoms. The normalized spacial score (nSPS) is 15.4. The highest BCUT2D eigenvalue weighted by Gasteiger charge is 2.20. The van der Waals surface area contributed by atoms with E-state index in [9.17, 15) is 4.79 Å². The minimum absolute atomic E-state index is 0. The number of rotatable bonds is 8. The zero-order chi connectivity index (χ0) is 21.2. The quantitative estimate of drug-likeness (QED) is 0.217. The summed E-state index contributed by atoms with van der Waals surface area (Å²) in [5.41, 5.74) is 1.12. The maximum Gasteiger partial charge on any atom is 0.243 e. The van der Waals surface area contributed by atoms with E-state index in [0.29, 0.717) is 35.2 Å². The summed E-state index contributed by atoms with van der Waals surface area (Å²) < 4.78 is 5.09. The molecule has 2 N–H and O–H groups in total. The van der Waals surface area contributed by atoms with Crippen molar-refractivity contribution < 1.29 is 9.53 Å². The van der Waals surface area contributed by atoms with Gasteiger partial charge in [-0.3, -0.25) is 9.69 Å². The maximum atomic E-state index is 11.8. The number of hydrogen-bond acceptors (Lipinski definition) is 4. The fourth-order valence-corrected chi connectivity index (χ4v) is 3.67. The van der Waals surface area contributed by atoms with Crippen LogP contribution in [0.15, 0.2) is 23.2 Å². The van der Waals surface area contributed by atoms with Crippen LogP contribution in [0.1, 0.15) is 18.4 Å². The molecule has 0 aliphatic carbocycles. The summed E-state index contributed by atoms with van der Waals surface area (Å²) in [4.78, 5) is 20.2. The number of aliphatic imine (C=N–C) groups is 1. The van der Waals surface area contributed by atoms with Crippen LogP contribution < -0.4 is 10.6 Å². The van der Waals surface area contributed by atoms with Gasteiger partial charge in [0.25, 0.3) is 0 Å². The standard InChI is InChI=1S/C20H31Cl2N5O2.HI/c1-26(2)19(28)13-24-20(23-6-9-29-3)25-18-4-7-27(8-5-18)14-15-10-16(21)12-17(22)11-15;/h10-12,18H,4-9,13-14H2,1-3H3,(H2,23,24,25);1H. The average molecular weight is 572 g/mol. The number of guanidine groups is 1. The molecule has 0 aromatic heterocycles. The first-order valence-corrected chi connectivity index (χ1v) is 10.5. The predicted octanol–water partition coefficient (Wildman–Crippen LogP) is 2.85. The van der Waals surface area contributed by atoms with Crippen molar-refractivity contribution in [2.24, 2.45) is 4.99 Å². The van der Waals surface area contributed by atoms with Crippen molar-refractivity contribution >= 4 is 59.0 Å². The Morgan fingerprint density at radius 1 is 1.23 bits per heavy atom. The summed E-state index contributed by atoms with van der Waals surface area (Å²) >= 11 is 12.2. The number of hydrogen-bond donors (Lipinski definition) is 2. The zero-order valence-electron chi connectivity index (χ0n) is 17.8. The molecular weight excluding hydrogens is 540 g/mol. The lowest BCUT2D eigenvalue weighted by atomic mass is 10.0. The first kappa shape index (κ1) is 27.2. The van der Waals surface area contributed by atoms with E-state index in [-0.39, 0.29) is 36.4 Å². The molecule has 1 aliphatic heterocycles. The van der Waals surface area contributed by atoms with Gasteiger partial charge in [0.2, 0.25) is 5.91 Å². The number of nitrogens with one attached hydrogen (secondary N) is 2. The first-order valence-electron chi connectivity index (χ1n) is 9.78. The lowest BCUT2D eigenvalue weighted by Gasteiger charge is -2.33. The van der Waals surface area contributed by atoms with Gasteiger partial charge >= 0.3 is 0 Å². The molecule has 2 rings (SSSR count). The molecule has 1 aromatic rings. The lowest BCUT2D eigenvalue weighted by Crippen LogP contribution is -2.49. The highest BCUT2D eigenvalue weighted by Crippen LogP contribution is 2.21. The molecule has 1 aliphatic rings. The highest BCUT2D eigenvalue weighted by molar-refractivity contribution is 14.0. The largest absolute Gasteiger partial charge is 0.383 e. The number of piperidine rings is 1. The first-order chi connectivity index (χ1) is 13.9. The second-order valence-corrected chi connectivity index (χ2v) is 8.22. The molecule has 0 unspecified atom stereocenters. The molecule has 0 bridgehead atoms. The third kappa shape index (κ3) is 10.00. The molecule has 0 saturated carbocycles. The topological polar surface area (TPSA) is 69.2 Å². The monoisotopic (exact) mass is 571 g/mol. The van der Waals surface area contributed by atoms with Gasteiger partial charge < -0.3 is 20.3 Å². The number of halogens is 3. The molecule has 0 spiro atoms. The number of nitrogens with zero attached hydrogens (tertiary/aromatic N) is 3. The van der Waals surface area contributed by atoms with Crippen LogP contribution >= 0.6 is 47.2 Å². The number of likely N-dealkylation sites (N-methyl/N-ethyl adjacent to an activating group) is 1. The van der Waals surface area contributed by atoms with Gasteiger partial charge in [-0.2, -0.15) is 0 Å². The second kappa shape index (κ2) is 14.3. The zero-order valence-corrected chi connectivity index (χ0v) is 21.6. The Hall–Kier alpha value is -0.810. The lowest BCUT2D eigenvalue weighted by molar-refractivity contribution is -0.127. The van der Waals surface area contributed by atoms with E-state index in [1.54, 1.807) is 27.3 Å². The highest BCUT2D eigenvalue weighted by atomic mass is 127. The van der Waals surface area contributed by atoms with E-state index in [0.717, 1.165) is 38.0 Å². The SMILES string of the molecule is COCCNC(=NCC(=O)N(C)C)NC1CCN(Cc2cc(Cl)cc(Cl)c2)CC1.I. The minimum Gasteiger partial charge on any atom is -0.383 e. The summed E-state index contributed by atoms with van der Waals surface area (Å²) in [6.07, 6.45) is 1.97. The van der Waals surface area contributed by atoms with E-state index in [2.05, 4.69) is 20.5 Å². The van der Waals surface area contributed by atoms with Crippen molar-refractivity contribution in [1.82, 2.24) is 20.4 Å². The van der Waals surface area contributed by atoms with Crippen LogP contribution in [-0.4, -0.2) is 81.7 Å². The van der Waals surface area contributed by atoms with Crippen LogP contribution in [0.25, 0.3) is 0 Å². The van der Waals surface area contributed by atoms with Gasteiger partial charge in [0.15, 0.2) is 5.96 Å². The van der Waals surface area contributed by atoms with Gasteiger partial charge in [-0.05, 0) is 36.6 Å². The van der Waals surface area contributed by atoms with Crippen LogP contribution in [0.2, 0.25) is 10.0 Å². The Morgan fingerprint density at radius 3 is 2.43 bits per heavy atom. The van der Waals surface area contributed by atoms with Gasteiger partial charge in [0.05, 0.1) is 6.61 Å². The van der Waals surface area contributed by atoms with E-state index in [1.165, 1.54) is 4.90 Å². The Labute approximate surface area is 206 Å². The predicted molar refractivity (Wildman–Crippen MR) is 134 cm³/mol. The molecule has 10 heteroatoms. The molecule has 1 fully saturated rings. The van der Waals surface area contributed by atoms with Crippen LogP contribution in [0.5, 0.6) is 0 Å². The molecule has 1 amide bonds. The molecule has 0 atom stereocenters. The summed E-state index contributed by atoms with van der Waals surface area (Å²) in [7, 11) is 5.11. The number of carbonyl (C=O) groups is 1. The van der Waals surface area contributed by atoms with Gasteiger partial charge in [-0.25, -0.2) is 4.99 Å². The summed E-state index contributed by atoms with van der Waals surface area (Å²) in [5, 5.41) is 8.01. The van der Waals surface area contributed by atoms with Crippen molar-refractivity contribution in [3.63, 3.8) is 0 Å². The number of benzene rings is 1. The molecule has 0 radical (unpaired) electrons. The van der Waals surface area contributed by atoms with Crippen molar-refractivity contribution in [2.45, 2.75) is 25.4 Å². The van der Waals surface area contributed by atoms with Crippen molar-refractivity contribution in [3.05, 3.63) is 33.8 Å². The van der Waals surface area contributed by atoms with E-state index < -0.39 is 0 Å². The molecule has 1 heterocycles. The van der Waals surface area contributed by atoms with Crippen molar-refractivity contribution in [2.75, 3.05) is 54.0 Å². The van der Waals surface area contributed by atoms with Crippen molar-refractivity contribution in [3.8, 4) is 0 Å². The Bertz CT molecular complexity index is 678. The smallest absolute Gasteiger partial charge is 0.243 e. The summed E-state index contributed by atoms with van der Waals surface area (Å²) in [6.45, 7) is 4.07. The number of likely N-dealkylation sites (tertiary alicyclic amines) is 1. The molecule has 1 saturated heterocycles. The van der Waals surface area contributed by atoms with Gasteiger partial charge in [0, 0.05) is 63.5 Å². The third-order valence-electron chi connectivity index (χ3n) is 4.73. The Kier molecular flexibility index (Phi) is 13.0. The summed E-state index contributed by atoms with van der Waals surface area (Å²) in [6, 6.07) is 5.98. The van der Waals surface area contributed by atoms with E-state index in [4.69, 9.17) is 27.9 Å². The summed E-state index contributed by atoms with van der Waals surface area (Å²) in [5.74, 6) is 0.616. The number of carbonyl (C=O) groups excluding carboxylic acids is 1. The Balaban J connectivity index is 0.00000450. The molecule has 7 nitrogen and oxygen atoms in total. The second-order valence-electron chi connectivity index (χ2n) is 7.35. The van der Waals surface area contributed by atoms with E-state index >= 15 is 0 Å². The number of methoxy groups -OCH3 is 1. The van der Waals surface area contributed by atoms with Gasteiger partial charge in [-0.1, -0.05) is 23.2 Å². The van der Waals surface area contributed by atoms with Gasteiger partial charge in [0.1, 0.15) is 6.54 Å². The Morgan fingerprint density at radius 2 is 1.87 bits per heavy atom. The van der Waals surface area contributed by atoms with Crippen LogP contribution in [0.4, 0.5) is 0 Å². The fourth-order valence-electron chi connectivity index (χ4n) is 3.10. The minimum atomic E-state index is -0.0344. The van der Waals surface area contributed by atoms with E-state index in [1.807, 2.05) is 12.1 Å². The van der Waals surface area contributed by atoms with Crippen LogP contribution in [0, 0.1) is 0 Å². The molecule has 170 valence electrons. The van der Waals surface area contributed by atoms with Crippen LogP contribution in [-0.2, 0) is 16.1 Å². The maximum absolute atomic E-state index is 11.8. The number of amides is 1. The average Bonchev–Trinajstić information content (AvgIpc) is 2.66. The van der Waals surface area contributed by atoms with Crippen molar-refractivity contribution in [1.29, 1.82) is 0 Å². The van der Waals surface area contributed by atoms with Crippen LogP contribution in [0.3, 0.4) is 0 Å². The molecular formula is C20H32Cl2IN5O2. The fraction of sp³-hybridized carbons (Fsp3) is 0.600. The van der Waals surface area contributed by atoms with Gasteiger partial charge in [-0.15, -0.1) is 24.0 Å². The third-order valence-corrected chi connectivity index (χ3v) is 5.16.